The molecule has 5 rings (SSSR count). The summed E-state index contributed by atoms with van der Waals surface area (Å²) in [6.45, 7) is 0.321. The highest BCUT2D eigenvalue weighted by Gasteiger charge is 2.45. The van der Waals surface area contributed by atoms with E-state index < -0.39 is 24.3 Å². The number of rotatable bonds is 6. The fraction of sp³-hybridized carbons (Fsp3) is 0.269. The van der Waals surface area contributed by atoms with Crippen LogP contribution in [0.25, 0.3) is 11.1 Å². The number of ether oxygens (including phenoxy) is 2. The van der Waals surface area contributed by atoms with Crippen molar-refractivity contribution < 1.29 is 24.2 Å². The highest BCUT2D eigenvalue weighted by atomic mass is 79.9. The minimum atomic E-state index is -1.07. The van der Waals surface area contributed by atoms with E-state index in [9.17, 15) is 14.7 Å². The van der Waals surface area contributed by atoms with Crippen LogP contribution >= 0.6 is 15.9 Å². The van der Waals surface area contributed by atoms with Crippen LogP contribution in [0.5, 0.6) is 0 Å². The smallest absolute Gasteiger partial charge is 0.409 e. The third kappa shape index (κ3) is 4.08. The number of hydrogen-bond acceptors (Lipinski definition) is 5. The van der Waals surface area contributed by atoms with Gasteiger partial charge >= 0.3 is 12.1 Å². The van der Waals surface area contributed by atoms with E-state index in [4.69, 9.17) is 9.47 Å². The van der Waals surface area contributed by atoms with Crippen LogP contribution in [0, 0.1) is 0 Å². The molecule has 0 spiro atoms. The van der Waals surface area contributed by atoms with Crippen LogP contribution in [-0.4, -0.2) is 53.4 Å². The number of carboxylic acid groups (broad SMARTS) is 1. The minimum absolute atomic E-state index is 0.0283. The van der Waals surface area contributed by atoms with E-state index in [-0.39, 0.29) is 19.1 Å². The second-order valence-corrected chi connectivity index (χ2v) is 9.25. The van der Waals surface area contributed by atoms with Crippen LogP contribution in [0.1, 0.15) is 29.0 Å². The number of aromatic nitrogens is 1. The molecule has 174 valence electrons. The monoisotopic (exact) mass is 522 g/mol. The molecule has 0 radical (unpaired) electrons. The molecule has 1 N–H and O–H groups in total. The van der Waals surface area contributed by atoms with Crippen molar-refractivity contribution in [1.29, 1.82) is 0 Å². The predicted octanol–water partition coefficient (Wildman–Crippen LogP) is 4.80. The number of nitrogens with zero attached hydrogens (tertiary/aromatic N) is 2. The molecule has 7 nitrogen and oxygen atoms in total. The first-order valence-electron chi connectivity index (χ1n) is 11.1. The molecular formula is C26H23BrN2O5. The van der Waals surface area contributed by atoms with Crippen LogP contribution in [0.3, 0.4) is 0 Å². The summed E-state index contributed by atoms with van der Waals surface area (Å²) in [5, 5.41) is 9.19. The van der Waals surface area contributed by atoms with Crippen molar-refractivity contribution in [3.63, 3.8) is 0 Å². The molecule has 3 aromatic rings. The Bertz CT molecular complexity index is 1200. The van der Waals surface area contributed by atoms with Gasteiger partial charge < -0.3 is 19.5 Å². The molecule has 1 amide bonds. The molecule has 1 saturated heterocycles. The molecule has 8 heteroatoms. The van der Waals surface area contributed by atoms with Crippen molar-refractivity contribution in [3.05, 3.63) is 88.2 Å². The maximum atomic E-state index is 13.1. The average Bonchev–Trinajstić information content (AvgIpc) is 3.42. The van der Waals surface area contributed by atoms with Gasteiger partial charge in [-0.15, -0.1) is 0 Å². The van der Waals surface area contributed by atoms with Gasteiger partial charge in [0, 0.05) is 30.6 Å². The molecule has 34 heavy (non-hydrogen) atoms. The van der Waals surface area contributed by atoms with E-state index in [2.05, 4.69) is 45.2 Å². The standard InChI is InChI=1S/C26H23BrN2O5/c27-24-22(10-5-12-28-24)26(34-15-23(30)31)11-13-29(16-26)25(32)33-14-21-19-8-3-1-6-17(19)18-7-2-4-9-20(18)21/h1-10,12,21H,11,13-16H2,(H,30,31). The van der Waals surface area contributed by atoms with Crippen LogP contribution in [-0.2, 0) is 19.9 Å². The van der Waals surface area contributed by atoms with Crippen LogP contribution in [0.2, 0.25) is 0 Å². The van der Waals surface area contributed by atoms with Crippen LogP contribution in [0.4, 0.5) is 4.79 Å². The van der Waals surface area contributed by atoms with Gasteiger partial charge in [-0.2, -0.15) is 0 Å². The van der Waals surface area contributed by atoms with E-state index >= 15 is 0 Å². The number of fused-ring (bicyclic) bond motifs is 3. The number of halogens is 1. The van der Waals surface area contributed by atoms with E-state index in [1.54, 1.807) is 17.2 Å². The molecule has 1 aromatic heterocycles. The Kier molecular flexibility index (Phi) is 6.10. The van der Waals surface area contributed by atoms with E-state index in [0.29, 0.717) is 23.1 Å². The molecule has 2 aromatic carbocycles. The largest absolute Gasteiger partial charge is 0.480 e. The predicted molar refractivity (Wildman–Crippen MR) is 128 cm³/mol. The summed E-state index contributed by atoms with van der Waals surface area (Å²) in [5.74, 6) is -1.10. The summed E-state index contributed by atoms with van der Waals surface area (Å²) in [6, 6.07) is 20.0. The normalized spacial score (nSPS) is 19.0. The van der Waals surface area contributed by atoms with Gasteiger partial charge in [-0.1, -0.05) is 54.6 Å². The molecule has 2 aliphatic rings. The lowest BCUT2D eigenvalue weighted by molar-refractivity contribution is -0.149. The summed E-state index contributed by atoms with van der Waals surface area (Å²) < 4.78 is 12.2. The molecule has 2 heterocycles. The van der Waals surface area contributed by atoms with Gasteiger partial charge in [0.2, 0.25) is 0 Å². The maximum Gasteiger partial charge on any atom is 0.409 e. The fourth-order valence-corrected chi connectivity index (χ4v) is 5.58. The van der Waals surface area contributed by atoms with Crippen LogP contribution in [0.15, 0.2) is 71.5 Å². The first kappa shape index (κ1) is 22.6. The Morgan fingerprint density at radius 2 is 1.74 bits per heavy atom. The Balaban J connectivity index is 1.32. The van der Waals surface area contributed by atoms with Crippen LogP contribution < -0.4 is 0 Å². The Morgan fingerprint density at radius 1 is 1.06 bits per heavy atom. The number of amides is 1. The number of carbonyl (C=O) groups excluding carboxylic acids is 1. The van der Waals surface area contributed by atoms with Crippen molar-refractivity contribution in [2.75, 3.05) is 26.3 Å². The van der Waals surface area contributed by atoms with E-state index in [1.165, 1.54) is 11.1 Å². The van der Waals surface area contributed by atoms with Gasteiger partial charge in [0.25, 0.3) is 0 Å². The Hall–Kier alpha value is -3.23. The van der Waals surface area contributed by atoms with Crippen molar-refractivity contribution in [2.45, 2.75) is 17.9 Å². The average molecular weight is 523 g/mol. The van der Waals surface area contributed by atoms with Gasteiger partial charge in [-0.05, 0) is 44.3 Å². The Morgan fingerprint density at radius 3 is 2.38 bits per heavy atom. The van der Waals surface area contributed by atoms with E-state index in [1.807, 2.05) is 30.3 Å². The number of carboxylic acids is 1. The Labute approximate surface area is 205 Å². The molecule has 1 unspecified atom stereocenters. The zero-order chi connectivity index (χ0) is 23.7. The van der Waals surface area contributed by atoms with Crippen molar-refractivity contribution in [2.24, 2.45) is 0 Å². The van der Waals surface area contributed by atoms with Gasteiger partial charge in [-0.25, -0.2) is 14.6 Å². The van der Waals surface area contributed by atoms with Crippen molar-refractivity contribution >= 4 is 28.0 Å². The summed E-state index contributed by atoms with van der Waals surface area (Å²) in [6.07, 6.45) is 1.63. The van der Waals surface area contributed by atoms with Gasteiger partial charge in [0.1, 0.15) is 23.4 Å². The molecule has 1 atom stereocenters. The summed E-state index contributed by atoms with van der Waals surface area (Å²) in [7, 11) is 0. The lowest BCUT2D eigenvalue weighted by Gasteiger charge is -2.30. The van der Waals surface area contributed by atoms with Crippen molar-refractivity contribution in [3.8, 4) is 11.1 Å². The SMILES string of the molecule is O=C(O)COC1(c2cccnc2Br)CCN(C(=O)OCC2c3ccccc3-c3ccccc32)C1. The summed E-state index contributed by atoms with van der Waals surface area (Å²) >= 11 is 3.44. The number of aliphatic carboxylic acids is 1. The molecule has 1 aliphatic heterocycles. The van der Waals surface area contributed by atoms with Gasteiger partial charge in [0.05, 0.1) is 6.54 Å². The molecule has 1 aliphatic carbocycles. The third-order valence-electron chi connectivity index (χ3n) is 6.55. The molecule has 1 fully saturated rings. The number of pyridine rings is 1. The molecular weight excluding hydrogens is 500 g/mol. The molecule has 0 bridgehead atoms. The minimum Gasteiger partial charge on any atom is -0.480 e. The summed E-state index contributed by atoms with van der Waals surface area (Å²) in [5.41, 5.74) is 4.38. The number of benzene rings is 2. The summed E-state index contributed by atoms with van der Waals surface area (Å²) in [4.78, 5) is 30.1. The zero-order valence-corrected chi connectivity index (χ0v) is 19.9. The van der Waals surface area contributed by atoms with Crippen molar-refractivity contribution in [1.82, 2.24) is 9.88 Å². The quantitative estimate of drug-likeness (QED) is 0.468. The fourth-order valence-electron chi connectivity index (χ4n) is 4.96. The van der Waals surface area contributed by atoms with Gasteiger partial charge in [-0.3, -0.25) is 0 Å². The second kappa shape index (κ2) is 9.19. The lowest BCUT2D eigenvalue weighted by atomic mass is 9.94. The van der Waals surface area contributed by atoms with Gasteiger partial charge in [0.15, 0.2) is 0 Å². The highest BCUT2D eigenvalue weighted by Crippen LogP contribution is 2.45. The zero-order valence-electron chi connectivity index (χ0n) is 18.3. The first-order chi connectivity index (χ1) is 16.5. The highest BCUT2D eigenvalue weighted by molar-refractivity contribution is 9.10. The van der Waals surface area contributed by atoms with E-state index in [0.717, 1.165) is 11.1 Å². The molecule has 0 saturated carbocycles. The maximum absolute atomic E-state index is 13.1. The first-order valence-corrected chi connectivity index (χ1v) is 11.8. The topological polar surface area (TPSA) is 89.0 Å². The number of carbonyl (C=O) groups is 2. The number of likely N-dealkylation sites (tertiary alicyclic amines) is 1. The third-order valence-corrected chi connectivity index (χ3v) is 7.18. The lowest BCUT2D eigenvalue weighted by Crippen LogP contribution is -2.38. The second-order valence-electron chi connectivity index (χ2n) is 8.49. The number of hydrogen-bond donors (Lipinski definition) is 1.